The van der Waals surface area contributed by atoms with E-state index < -0.39 is 0 Å². The maximum atomic E-state index is 5.85. The van der Waals surface area contributed by atoms with Gasteiger partial charge < -0.3 is 4.74 Å². The van der Waals surface area contributed by atoms with Crippen molar-refractivity contribution in [3.8, 4) is 0 Å². The van der Waals surface area contributed by atoms with Gasteiger partial charge in [0, 0.05) is 13.2 Å². The third-order valence-electron chi connectivity index (χ3n) is 7.28. The van der Waals surface area contributed by atoms with Crippen LogP contribution in [0.1, 0.15) is 214 Å². The molecule has 1 nitrogen and oxygen atoms in total. The zero-order valence-corrected chi connectivity index (χ0v) is 26.3. The zero-order valence-electron chi connectivity index (χ0n) is 26.3. The highest BCUT2D eigenvalue weighted by molar-refractivity contribution is 4.51. The van der Waals surface area contributed by atoms with Crippen molar-refractivity contribution in [2.45, 2.75) is 214 Å². The number of hydrogen-bond acceptors (Lipinski definition) is 1. The van der Waals surface area contributed by atoms with E-state index in [4.69, 9.17) is 4.74 Å². The van der Waals surface area contributed by atoms with Gasteiger partial charge in [0.25, 0.3) is 0 Å². The number of unbranched alkanes of at least 4 members (excludes halogenated alkanes) is 26. The van der Waals surface area contributed by atoms with Gasteiger partial charge >= 0.3 is 0 Å². The van der Waals surface area contributed by atoms with Crippen LogP contribution in [0.5, 0.6) is 0 Å². The monoisotopic (exact) mass is 511 g/mol. The first-order chi connectivity index (χ1) is 17.8. The zero-order chi connectivity index (χ0) is 26.6. The fourth-order valence-corrected chi connectivity index (χ4v) is 4.90. The van der Waals surface area contributed by atoms with Gasteiger partial charge in [0.1, 0.15) is 0 Å². The molecule has 0 fully saturated rings. The Morgan fingerprint density at radius 1 is 0.250 bits per heavy atom. The van der Waals surface area contributed by atoms with Crippen LogP contribution in [0, 0.1) is 0 Å². The Labute approximate surface area is 231 Å². The van der Waals surface area contributed by atoms with Crippen molar-refractivity contribution in [3.63, 3.8) is 0 Å². The fraction of sp³-hybridized carbons (Fsp3) is 1.00. The molecule has 0 atom stereocenters. The molecular formula is C35H74O. The highest BCUT2D eigenvalue weighted by Crippen LogP contribution is 2.14. The van der Waals surface area contributed by atoms with Gasteiger partial charge in [0.05, 0.1) is 0 Å². The molecule has 0 rings (SSSR count). The van der Waals surface area contributed by atoms with E-state index in [9.17, 15) is 0 Å². The Bertz CT molecular complexity index is 297. The van der Waals surface area contributed by atoms with Gasteiger partial charge in [-0.1, -0.05) is 201 Å². The second kappa shape index (κ2) is 39.5. The summed E-state index contributed by atoms with van der Waals surface area (Å²) in [6.45, 7) is 10.8. The Morgan fingerprint density at radius 3 is 0.611 bits per heavy atom. The molecule has 0 aromatic carbocycles. The summed E-state index contributed by atoms with van der Waals surface area (Å²) >= 11 is 0. The topological polar surface area (TPSA) is 9.23 Å². The van der Waals surface area contributed by atoms with Crippen molar-refractivity contribution in [1.29, 1.82) is 0 Å². The number of ether oxygens (including phenoxy) is 1. The first-order valence-corrected chi connectivity index (χ1v) is 17.4. The van der Waals surface area contributed by atoms with Crippen molar-refractivity contribution in [1.82, 2.24) is 0 Å². The Kier molecular flexibility index (Phi) is 41.8. The van der Waals surface area contributed by atoms with E-state index in [0.717, 1.165) is 13.2 Å². The van der Waals surface area contributed by atoms with E-state index in [-0.39, 0.29) is 0 Å². The standard InChI is InChI=1S/C32H66O.C3H8/c1-3-5-7-9-11-13-15-17-19-21-23-25-27-29-31-33-32-30-28-26-24-22-20-18-16-14-12-10-8-6-4-2;1-3-2/h3-32H2,1-2H3;3H2,1-2H3. The SMILES string of the molecule is CCC.CCCCCCCCCCCCCCCCOCCCCCCCCCCCCCCCC. The molecule has 0 saturated carbocycles. The minimum Gasteiger partial charge on any atom is -0.381 e. The first-order valence-electron chi connectivity index (χ1n) is 17.4. The molecule has 0 aliphatic carbocycles. The summed E-state index contributed by atoms with van der Waals surface area (Å²) in [6, 6.07) is 0. The van der Waals surface area contributed by atoms with Gasteiger partial charge in [0.15, 0.2) is 0 Å². The summed E-state index contributed by atoms with van der Waals surface area (Å²) in [4.78, 5) is 0. The molecule has 1 heteroatoms. The minimum absolute atomic E-state index is 0.997. The van der Waals surface area contributed by atoms with E-state index >= 15 is 0 Å². The van der Waals surface area contributed by atoms with Gasteiger partial charge in [-0.3, -0.25) is 0 Å². The summed E-state index contributed by atoms with van der Waals surface area (Å²) in [5.74, 6) is 0. The van der Waals surface area contributed by atoms with E-state index in [1.807, 2.05) is 0 Å². The van der Waals surface area contributed by atoms with Gasteiger partial charge in [-0.15, -0.1) is 0 Å². The highest BCUT2D eigenvalue weighted by Gasteiger charge is 1.96. The molecule has 0 bridgehead atoms. The predicted octanol–water partition coefficient (Wildman–Crippen LogP) is 13.4. The van der Waals surface area contributed by atoms with Crippen LogP contribution in [-0.4, -0.2) is 13.2 Å². The molecule has 0 unspecified atom stereocenters. The van der Waals surface area contributed by atoms with Crippen LogP contribution >= 0.6 is 0 Å². The van der Waals surface area contributed by atoms with Gasteiger partial charge in [-0.25, -0.2) is 0 Å². The molecule has 0 saturated heterocycles. The fourth-order valence-electron chi connectivity index (χ4n) is 4.90. The number of hydrogen-bond donors (Lipinski definition) is 0. The molecule has 220 valence electrons. The predicted molar refractivity (Wildman–Crippen MR) is 167 cm³/mol. The van der Waals surface area contributed by atoms with E-state index in [1.54, 1.807) is 0 Å². The van der Waals surface area contributed by atoms with Crippen LogP contribution in [0.3, 0.4) is 0 Å². The molecule has 0 aromatic heterocycles. The Hall–Kier alpha value is -0.0400. The summed E-state index contributed by atoms with van der Waals surface area (Å²) in [5.41, 5.74) is 0. The summed E-state index contributed by atoms with van der Waals surface area (Å²) in [7, 11) is 0. The summed E-state index contributed by atoms with van der Waals surface area (Å²) in [6.07, 6.45) is 41.3. The highest BCUT2D eigenvalue weighted by atomic mass is 16.5. The van der Waals surface area contributed by atoms with Crippen LogP contribution in [0.4, 0.5) is 0 Å². The molecule has 0 N–H and O–H groups in total. The molecule has 0 amide bonds. The van der Waals surface area contributed by atoms with Crippen LogP contribution in [0.25, 0.3) is 0 Å². The van der Waals surface area contributed by atoms with Crippen molar-refractivity contribution in [2.24, 2.45) is 0 Å². The van der Waals surface area contributed by atoms with Crippen molar-refractivity contribution in [3.05, 3.63) is 0 Å². The van der Waals surface area contributed by atoms with Crippen LogP contribution in [0.15, 0.2) is 0 Å². The lowest BCUT2D eigenvalue weighted by Gasteiger charge is -2.05. The molecular weight excluding hydrogens is 436 g/mol. The second-order valence-electron chi connectivity index (χ2n) is 11.5. The van der Waals surface area contributed by atoms with E-state index in [2.05, 4.69) is 27.7 Å². The first kappa shape index (κ1) is 38.1. The smallest absolute Gasteiger partial charge is 0.0466 e. The molecule has 0 heterocycles. The van der Waals surface area contributed by atoms with Crippen LogP contribution in [-0.2, 0) is 4.74 Å². The van der Waals surface area contributed by atoms with Crippen molar-refractivity contribution >= 4 is 0 Å². The Morgan fingerprint density at radius 2 is 0.417 bits per heavy atom. The molecule has 0 spiro atoms. The van der Waals surface area contributed by atoms with Gasteiger partial charge in [0.2, 0.25) is 0 Å². The maximum absolute atomic E-state index is 5.85. The third kappa shape index (κ3) is 41.1. The van der Waals surface area contributed by atoms with Crippen molar-refractivity contribution in [2.75, 3.05) is 13.2 Å². The third-order valence-corrected chi connectivity index (χ3v) is 7.28. The maximum Gasteiger partial charge on any atom is 0.0466 e. The Balaban J connectivity index is 0. The quantitative estimate of drug-likeness (QED) is 0.0873. The van der Waals surface area contributed by atoms with Gasteiger partial charge in [-0.2, -0.15) is 0 Å². The molecule has 0 aliphatic rings. The van der Waals surface area contributed by atoms with E-state index in [0.29, 0.717) is 0 Å². The molecule has 36 heavy (non-hydrogen) atoms. The van der Waals surface area contributed by atoms with Crippen LogP contribution < -0.4 is 0 Å². The van der Waals surface area contributed by atoms with E-state index in [1.165, 1.54) is 186 Å². The lowest BCUT2D eigenvalue weighted by molar-refractivity contribution is 0.125. The average Bonchev–Trinajstić information content (AvgIpc) is 2.88. The molecule has 0 aromatic rings. The normalized spacial score (nSPS) is 11.0. The second-order valence-corrected chi connectivity index (χ2v) is 11.5. The van der Waals surface area contributed by atoms with Crippen LogP contribution in [0.2, 0.25) is 0 Å². The average molecular weight is 511 g/mol. The number of rotatable bonds is 30. The van der Waals surface area contributed by atoms with Crippen molar-refractivity contribution < 1.29 is 4.74 Å². The summed E-state index contributed by atoms with van der Waals surface area (Å²) < 4.78 is 5.85. The minimum atomic E-state index is 0.997. The largest absolute Gasteiger partial charge is 0.381 e. The molecule has 0 aliphatic heterocycles. The molecule has 0 radical (unpaired) electrons. The summed E-state index contributed by atoms with van der Waals surface area (Å²) in [5, 5.41) is 0. The van der Waals surface area contributed by atoms with Gasteiger partial charge in [-0.05, 0) is 12.8 Å². The lowest BCUT2D eigenvalue weighted by atomic mass is 10.0. The lowest BCUT2D eigenvalue weighted by Crippen LogP contribution is -1.97.